The summed E-state index contributed by atoms with van der Waals surface area (Å²) in [4.78, 5) is 8.53. The van der Waals surface area contributed by atoms with Gasteiger partial charge >= 0.3 is 0 Å². The van der Waals surface area contributed by atoms with Crippen LogP contribution in [0, 0.1) is 6.92 Å². The highest BCUT2D eigenvalue weighted by atomic mass is 16.5. The van der Waals surface area contributed by atoms with Gasteiger partial charge in [0.2, 0.25) is 0 Å². The quantitative estimate of drug-likeness (QED) is 0.862. The number of rotatable bonds is 6. The van der Waals surface area contributed by atoms with E-state index in [1.165, 1.54) is 11.1 Å². The van der Waals surface area contributed by atoms with E-state index in [-0.39, 0.29) is 0 Å². The predicted octanol–water partition coefficient (Wildman–Crippen LogP) is 2.22. The molecule has 2 aromatic rings. The average Bonchev–Trinajstić information content (AvgIpc) is 2.43. The van der Waals surface area contributed by atoms with E-state index in [4.69, 9.17) is 4.74 Å². The number of nitrogens with one attached hydrogen (secondary N) is 1. The second kappa shape index (κ2) is 6.97. The Morgan fingerprint density at radius 3 is 2.37 bits per heavy atom. The fourth-order valence-electron chi connectivity index (χ4n) is 1.77. The van der Waals surface area contributed by atoms with E-state index in [0.717, 1.165) is 24.5 Å². The summed E-state index contributed by atoms with van der Waals surface area (Å²) < 4.78 is 5.09. The van der Waals surface area contributed by atoms with E-state index in [9.17, 15) is 0 Å². The molecule has 2 rings (SSSR count). The fraction of sp³-hybridized carbons (Fsp3) is 0.333. The van der Waals surface area contributed by atoms with Gasteiger partial charge in [-0.3, -0.25) is 9.97 Å². The van der Waals surface area contributed by atoms with Crippen LogP contribution < -0.4 is 5.32 Å². The number of benzene rings is 1. The summed E-state index contributed by atoms with van der Waals surface area (Å²) in [7, 11) is 1.71. The number of nitrogens with zero attached hydrogens (tertiary/aromatic N) is 2. The first-order chi connectivity index (χ1) is 9.28. The van der Waals surface area contributed by atoms with Crippen molar-refractivity contribution in [3.8, 4) is 0 Å². The molecule has 4 heteroatoms. The Kier molecular flexibility index (Phi) is 5.01. The normalized spacial score (nSPS) is 10.6. The van der Waals surface area contributed by atoms with Crippen LogP contribution in [0.2, 0.25) is 0 Å². The Morgan fingerprint density at radius 2 is 1.74 bits per heavy atom. The number of hydrogen-bond donors (Lipinski definition) is 1. The van der Waals surface area contributed by atoms with E-state index in [1.54, 1.807) is 13.3 Å². The minimum absolute atomic E-state index is 0.659. The van der Waals surface area contributed by atoms with Crippen molar-refractivity contribution in [2.45, 2.75) is 26.6 Å². The molecule has 0 unspecified atom stereocenters. The van der Waals surface area contributed by atoms with E-state index in [0.29, 0.717) is 6.61 Å². The summed E-state index contributed by atoms with van der Waals surface area (Å²) in [6.45, 7) is 4.15. The van der Waals surface area contributed by atoms with Crippen LogP contribution in [0.4, 0.5) is 0 Å². The van der Waals surface area contributed by atoms with E-state index >= 15 is 0 Å². The van der Waals surface area contributed by atoms with Gasteiger partial charge in [0.15, 0.2) is 0 Å². The Balaban J connectivity index is 1.80. The molecule has 0 spiro atoms. The Hall–Kier alpha value is -1.78. The molecule has 0 bridgehead atoms. The highest BCUT2D eigenvalue weighted by Gasteiger charge is 1.97. The molecular weight excluding hydrogens is 238 g/mol. The van der Waals surface area contributed by atoms with Crippen LogP contribution in [0.1, 0.15) is 22.5 Å². The van der Waals surface area contributed by atoms with Crippen molar-refractivity contribution in [2.24, 2.45) is 0 Å². The van der Waals surface area contributed by atoms with Gasteiger partial charge in [-0.15, -0.1) is 0 Å². The zero-order valence-corrected chi connectivity index (χ0v) is 11.4. The van der Waals surface area contributed by atoms with Crippen LogP contribution in [-0.2, 0) is 24.4 Å². The molecule has 0 saturated heterocycles. The zero-order valence-electron chi connectivity index (χ0n) is 11.4. The molecule has 1 aromatic heterocycles. The lowest BCUT2D eigenvalue weighted by atomic mass is 10.1. The van der Waals surface area contributed by atoms with Crippen LogP contribution >= 0.6 is 0 Å². The van der Waals surface area contributed by atoms with Crippen LogP contribution in [0.3, 0.4) is 0 Å². The van der Waals surface area contributed by atoms with E-state index in [2.05, 4.69) is 39.6 Å². The van der Waals surface area contributed by atoms with Gasteiger partial charge in [0.05, 0.1) is 18.0 Å². The van der Waals surface area contributed by atoms with Gasteiger partial charge in [0, 0.05) is 32.6 Å². The molecule has 0 atom stereocenters. The van der Waals surface area contributed by atoms with Crippen molar-refractivity contribution in [3.63, 3.8) is 0 Å². The lowest BCUT2D eigenvalue weighted by molar-refractivity contribution is 0.185. The average molecular weight is 257 g/mol. The molecule has 0 radical (unpaired) electrons. The highest BCUT2D eigenvalue weighted by molar-refractivity contribution is 5.22. The molecular formula is C15H19N3O. The highest BCUT2D eigenvalue weighted by Crippen LogP contribution is 2.05. The van der Waals surface area contributed by atoms with Gasteiger partial charge in [-0.05, 0) is 18.1 Å². The van der Waals surface area contributed by atoms with Gasteiger partial charge in [-0.2, -0.15) is 0 Å². The Labute approximate surface area is 113 Å². The summed E-state index contributed by atoms with van der Waals surface area (Å²) in [6, 6.07) is 8.41. The summed E-state index contributed by atoms with van der Waals surface area (Å²) in [5.74, 6) is 0. The molecule has 0 aliphatic heterocycles. The van der Waals surface area contributed by atoms with Crippen LogP contribution in [-0.4, -0.2) is 17.1 Å². The third-order valence-electron chi connectivity index (χ3n) is 2.80. The third kappa shape index (κ3) is 4.43. The Bertz CT molecular complexity index is 494. The lowest BCUT2D eigenvalue weighted by Crippen LogP contribution is -2.14. The predicted molar refractivity (Wildman–Crippen MR) is 74.5 cm³/mol. The second-order valence-electron chi connectivity index (χ2n) is 4.50. The van der Waals surface area contributed by atoms with Crippen molar-refractivity contribution < 1.29 is 4.74 Å². The maximum absolute atomic E-state index is 5.09. The summed E-state index contributed by atoms with van der Waals surface area (Å²) in [5, 5.41) is 3.36. The maximum Gasteiger partial charge on any atom is 0.0724 e. The minimum atomic E-state index is 0.659. The molecule has 0 amide bonds. The van der Waals surface area contributed by atoms with E-state index < -0.39 is 0 Å². The topological polar surface area (TPSA) is 47.0 Å². The number of ether oxygens (including phenoxy) is 1. The molecule has 0 aliphatic carbocycles. The molecule has 19 heavy (non-hydrogen) atoms. The van der Waals surface area contributed by atoms with Gasteiger partial charge in [-0.1, -0.05) is 24.3 Å². The van der Waals surface area contributed by atoms with Gasteiger partial charge < -0.3 is 10.1 Å². The van der Waals surface area contributed by atoms with Crippen molar-refractivity contribution >= 4 is 0 Å². The lowest BCUT2D eigenvalue weighted by Gasteiger charge is -2.06. The molecule has 4 nitrogen and oxygen atoms in total. The summed E-state index contributed by atoms with van der Waals surface area (Å²) in [5.41, 5.74) is 4.34. The maximum atomic E-state index is 5.09. The summed E-state index contributed by atoms with van der Waals surface area (Å²) >= 11 is 0. The van der Waals surface area contributed by atoms with Crippen LogP contribution in [0.15, 0.2) is 36.7 Å². The van der Waals surface area contributed by atoms with Crippen molar-refractivity contribution in [1.82, 2.24) is 15.3 Å². The van der Waals surface area contributed by atoms with Crippen molar-refractivity contribution in [3.05, 3.63) is 59.2 Å². The van der Waals surface area contributed by atoms with Gasteiger partial charge in [0.1, 0.15) is 0 Å². The fourth-order valence-corrected chi connectivity index (χ4v) is 1.77. The summed E-state index contributed by atoms with van der Waals surface area (Å²) in [6.07, 6.45) is 3.60. The molecule has 0 saturated carbocycles. The van der Waals surface area contributed by atoms with Crippen LogP contribution in [0.5, 0.6) is 0 Å². The van der Waals surface area contributed by atoms with Gasteiger partial charge in [0.25, 0.3) is 0 Å². The third-order valence-corrected chi connectivity index (χ3v) is 2.80. The first kappa shape index (κ1) is 13.6. The van der Waals surface area contributed by atoms with Gasteiger partial charge in [-0.25, -0.2) is 0 Å². The molecule has 0 fully saturated rings. The van der Waals surface area contributed by atoms with Crippen molar-refractivity contribution in [2.75, 3.05) is 7.11 Å². The Morgan fingerprint density at radius 1 is 1.00 bits per heavy atom. The monoisotopic (exact) mass is 257 g/mol. The SMILES string of the molecule is COCc1ccc(CNCc2cnc(C)cn2)cc1. The second-order valence-corrected chi connectivity index (χ2v) is 4.50. The molecule has 100 valence electrons. The molecule has 1 N–H and O–H groups in total. The van der Waals surface area contributed by atoms with E-state index in [1.807, 2.05) is 13.1 Å². The molecule has 0 aliphatic rings. The van der Waals surface area contributed by atoms with Crippen LogP contribution in [0.25, 0.3) is 0 Å². The largest absolute Gasteiger partial charge is 0.380 e. The molecule has 1 heterocycles. The first-order valence-corrected chi connectivity index (χ1v) is 6.33. The number of methoxy groups -OCH3 is 1. The molecule has 1 aromatic carbocycles. The number of aromatic nitrogens is 2. The number of aryl methyl sites for hydroxylation is 1. The minimum Gasteiger partial charge on any atom is -0.380 e. The number of hydrogen-bond acceptors (Lipinski definition) is 4. The van der Waals surface area contributed by atoms with Crippen molar-refractivity contribution in [1.29, 1.82) is 0 Å². The standard InChI is InChI=1S/C15H19N3O/c1-12-7-18-15(10-17-12)9-16-8-13-3-5-14(6-4-13)11-19-2/h3-7,10,16H,8-9,11H2,1-2H3. The zero-order chi connectivity index (χ0) is 13.5. The first-order valence-electron chi connectivity index (χ1n) is 6.33. The smallest absolute Gasteiger partial charge is 0.0724 e.